The van der Waals surface area contributed by atoms with Crippen LogP contribution >= 0.6 is 57.9 Å². The Morgan fingerprint density at radius 3 is 2.58 bits per heavy atom. The number of guanidine groups is 1. The largest absolute Gasteiger partial charge is 0.370 e. The van der Waals surface area contributed by atoms with E-state index in [2.05, 4.69) is 45.0 Å². The summed E-state index contributed by atoms with van der Waals surface area (Å²) < 4.78 is 1.31. The van der Waals surface area contributed by atoms with E-state index in [4.69, 9.17) is 5.73 Å². The van der Waals surface area contributed by atoms with E-state index in [1.165, 1.54) is 7.76 Å². The summed E-state index contributed by atoms with van der Waals surface area (Å²) in [5.74, 6) is 0.465. The van der Waals surface area contributed by atoms with Crippen LogP contribution < -0.4 is 11.1 Å². The van der Waals surface area contributed by atoms with Crippen LogP contribution in [0.15, 0.2) is 47.5 Å². The van der Waals surface area contributed by atoms with Gasteiger partial charge in [0.2, 0.25) is 0 Å². The number of thiophene rings is 1. The first kappa shape index (κ1) is 16.7. The highest BCUT2D eigenvalue weighted by Gasteiger charge is 1.97. The van der Waals surface area contributed by atoms with E-state index in [1.54, 1.807) is 11.3 Å². The number of rotatable bonds is 4. The molecule has 0 saturated heterocycles. The smallest absolute Gasteiger partial charge is 0.193 e. The van der Waals surface area contributed by atoms with Crippen LogP contribution in [0.4, 0.5) is 5.69 Å². The van der Waals surface area contributed by atoms with Crippen LogP contribution in [-0.4, -0.2) is 12.5 Å². The molecule has 102 valence electrons. The van der Waals surface area contributed by atoms with Crippen molar-refractivity contribution >= 4 is 69.6 Å². The zero-order valence-corrected chi connectivity index (χ0v) is 15.5. The van der Waals surface area contributed by atoms with Crippen molar-refractivity contribution < 1.29 is 0 Å². The number of hydrogen-bond acceptors (Lipinski definition) is 2. The van der Waals surface area contributed by atoms with Gasteiger partial charge < -0.3 is 11.1 Å². The fourth-order valence-electron chi connectivity index (χ4n) is 1.48. The first-order valence-corrected chi connectivity index (χ1v) is 7.50. The van der Waals surface area contributed by atoms with E-state index in [1.807, 2.05) is 30.3 Å². The monoisotopic (exact) mass is 499 g/mol. The molecule has 2 rings (SSSR count). The van der Waals surface area contributed by atoms with Crippen LogP contribution in [0.3, 0.4) is 0 Å². The summed E-state index contributed by atoms with van der Waals surface area (Å²) in [7, 11) is 0. The lowest BCUT2D eigenvalue weighted by molar-refractivity contribution is 0.983. The molecule has 0 bridgehead atoms. The number of nitrogens with zero attached hydrogens (tertiary/aromatic N) is 1. The van der Waals surface area contributed by atoms with Crippen LogP contribution in [0, 0.1) is 2.88 Å². The molecule has 0 aliphatic rings. The zero-order valence-electron chi connectivity index (χ0n) is 10.2. The molecule has 1 heterocycles. The highest BCUT2D eigenvalue weighted by atomic mass is 127. The second kappa shape index (κ2) is 8.75. The van der Waals surface area contributed by atoms with E-state index in [0.29, 0.717) is 12.5 Å². The molecule has 2 aromatic rings. The standard InChI is InChI=1S/C13H14IN3S.HI/c14-12-7-6-11(18-12)8-9-16-13(15)17-10-4-2-1-3-5-10;/h1-7H,8-9H2,(H3,15,16,17);1H. The molecule has 0 aliphatic carbocycles. The van der Waals surface area contributed by atoms with Crippen molar-refractivity contribution in [2.75, 3.05) is 11.9 Å². The first-order chi connectivity index (χ1) is 8.74. The molecule has 0 saturated carbocycles. The third-order valence-corrected chi connectivity index (χ3v) is 4.27. The van der Waals surface area contributed by atoms with E-state index >= 15 is 0 Å². The van der Waals surface area contributed by atoms with Gasteiger partial charge in [-0.1, -0.05) is 18.2 Å². The highest BCUT2D eigenvalue weighted by Crippen LogP contribution is 2.18. The molecule has 0 radical (unpaired) electrons. The van der Waals surface area contributed by atoms with E-state index < -0.39 is 0 Å². The van der Waals surface area contributed by atoms with Crippen LogP contribution in [-0.2, 0) is 6.42 Å². The molecule has 0 aliphatic heterocycles. The highest BCUT2D eigenvalue weighted by molar-refractivity contribution is 14.1. The minimum Gasteiger partial charge on any atom is -0.370 e. The maximum Gasteiger partial charge on any atom is 0.193 e. The maximum absolute atomic E-state index is 5.82. The SMILES string of the molecule is I.NC(=NCCc1ccc(I)s1)Nc1ccccc1. The third-order valence-electron chi connectivity index (χ3n) is 2.32. The van der Waals surface area contributed by atoms with E-state index in [0.717, 1.165) is 12.1 Å². The molecule has 1 aromatic carbocycles. The third kappa shape index (κ3) is 6.09. The zero-order chi connectivity index (χ0) is 12.8. The van der Waals surface area contributed by atoms with Crippen molar-refractivity contribution in [1.82, 2.24) is 0 Å². The summed E-state index contributed by atoms with van der Waals surface area (Å²) in [4.78, 5) is 5.65. The first-order valence-electron chi connectivity index (χ1n) is 5.60. The molecular weight excluding hydrogens is 484 g/mol. The van der Waals surface area contributed by atoms with Crippen molar-refractivity contribution in [2.45, 2.75) is 6.42 Å². The molecule has 3 nitrogen and oxygen atoms in total. The Hall–Kier alpha value is -0.350. The summed E-state index contributed by atoms with van der Waals surface area (Å²) in [6.45, 7) is 0.711. The number of nitrogens with one attached hydrogen (secondary N) is 1. The van der Waals surface area contributed by atoms with Crippen molar-refractivity contribution in [2.24, 2.45) is 10.7 Å². The Bertz CT molecular complexity index is 526. The van der Waals surface area contributed by atoms with Gasteiger partial charge in [-0.25, -0.2) is 0 Å². The Labute approximate surface area is 147 Å². The number of halogens is 2. The lowest BCUT2D eigenvalue weighted by Gasteiger charge is -2.04. The molecule has 3 N–H and O–H groups in total. The normalized spacial score (nSPS) is 10.9. The Morgan fingerprint density at radius 2 is 1.95 bits per heavy atom. The summed E-state index contributed by atoms with van der Waals surface area (Å²) in [6, 6.07) is 14.1. The molecule has 1 aromatic heterocycles. The summed E-state index contributed by atoms with van der Waals surface area (Å²) in [5, 5.41) is 3.06. The predicted molar refractivity (Wildman–Crippen MR) is 103 cm³/mol. The molecular formula is C13H15I2N3S. The summed E-state index contributed by atoms with van der Waals surface area (Å²) in [6.07, 6.45) is 0.935. The molecule has 0 unspecified atom stereocenters. The van der Waals surface area contributed by atoms with Crippen molar-refractivity contribution in [3.05, 3.63) is 50.2 Å². The van der Waals surface area contributed by atoms with Crippen LogP contribution in [0.1, 0.15) is 4.88 Å². The minimum atomic E-state index is 0. The average molecular weight is 499 g/mol. The number of benzene rings is 1. The second-order valence-electron chi connectivity index (χ2n) is 3.71. The lowest BCUT2D eigenvalue weighted by atomic mass is 10.3. The van der Waals surface area contributed by atoms with E-state index in [9.17, 15) is 0 Å². The van der Waals surface area contributed by atoms with Gasteiger partial charge in [-0.3, -0.25) is 4.99 Å². The topological polar surface area (TPSA) is 50.4 Å². The van der Waals surface area contributed by atoms with Gasteiger partial charge in [-0.05, 0) is 46.9 Å². The maximum atomic E-state index is 5.82. The van der Waals surface area contributed by atoms with Crippen molar-refractivity contribution in [3.8, 4) is 0 Å². The average Bonchev–Trinajstić information content (AvgIpc) is 2.76. The number of anilines is 1. The van der Waals surface area contributed by atoms with Gasteiger partial charge in [0.25, 0.3) is 0 Å². The fraction of sp³-hybridized carbons (Fsp3) is 0.154. The molecule has 0 amide bonds. The fourth-order valence-corrected chi connectivity index (χ4v) is 3.23. The summed E-state index contributed by atoms with van der Waals surface area (Å²) >= 11 is 4.13. The van der Waals surface area contributed by atoms with Gasteiger partial charge in [0.05, 0.1) is 2.88 Å². The van der Waals surface area contributed by atoms with Crippen molar-refractivity contribution in [1.29, 1.82) is 0 Å². The van der Waals surface area contributed by atoms with E-state index in [-0.39, 0.29) is 24.0 Å². The van der Waals surface area contributed by atoms with Gasteiger partial charge in [-0.15, -0.1) is 35.3 Å². The quantitative estimate of drug-likeness (QED) is 0.381. The van der Waals surface area contributed by atoms with Crippen LogP contribution in [0.5, 0.6) is 0 Å². The molecule has 0 fully saturated rings. The van der Waals surface area contributed by atoms with Gasteiger partial charge in [0.15, 0.2) is 5.96 Å². The van der Waals surface area contributed by atoms with Gasteiger partial charge in [0, 0.05) is 23.5 Å². The minimum absolute atomic E-state index is 0. The van der Waals surface area contributed by atoms with Crippen molar-refractivity contribution in [3.63, 3.8) is 0 Å². The Morgan fingerprint density at radius 1 is 1.21 bits per heavy atom. The molecule has 0 spiro atoms. The number of nitrogens with two attached hydrogens (primary N) is 1. The molecule has 0 atom stereocenters. The Kier molecular flexibility index (Phi) is 7.69. The number of aliphatic imine (C=N–C) groups is 1. The van der Waals surface area contributed by atoms with Gasteiger partial charge >= 0.3 is 0 Å². The number of para-hydroxylation sites is 1. The van der Waals surface area contributed by atoms with Crippen LogP contribution in [0.2, 0.25) is 0 Å². The lowest BCUT2D eigenvalue weighted by Crippen LogP contribution is -2.22. The Balaban J connectivity index is 0.00000180. The molecule has 19 heavy (non-hydrogen) atoms. The van der Waals surface area contributed by atoms with Gasteiger partial charge in [0.1, 0.15) is 0 Å². The second-order valence-corrected chi connectivity index (χ2v) is 6.78. The van der Waals surface area contributed by atoms with Crippen LogP contribution in [0.25, 0.3) is 0 Å². The summed E-state index contributed by atoms with van der Waals surface area (Å²) in [5.41, 5.74) is 6.78. The predicted octanol–water partition coefficient (Wildman–Crippen LogP) is 3.94. The number of hydrogen-bond donors (Lipinski definition) is 2. The van der Waals surface area contributed by atoms with Gasteiger partial charge in [-0.2, -0.15) is 0 Å². The molecule has 6 heteroatoms.